The predicted molar refractivity (Wildman–Crippen MR) is 102 cm³/mol. The summed E-state index contributed by atoms with van der Waals surface area (Å²) in [6.07, 6.45) is 0. The largest absolute Gasteiger partial charge is 0.322 e. The second-order valence-electron chi connectivity index (χ2n) is 4.90. The van der Waals surface area contributed by atoms with Gasteiger partial charge >= 0.3 is 0 Å². The van der Waals surface area contributed by atoms with Crippen LogP contribution in [0.25, 0.3) is 0 Å². The van der Waals surface area contributed by atoms with Crippen molar-refractivity contribution in [2.45, 2.75) is 5.37 Å². The van der Waals surface area contributed by atoms with Crippen LogP contribution in [0.3, 0.4) is 0 Å². The van der Waals surface area contributed by atoms with Crippen LogP contribution in [0.4, 0.5) is 0 Å². The van der Waals surface area contributed by atoms with Gasteiger partial charge in [0.1, 0.15) is 5.37 Å². The highest BCUT2D eigenvalue weighted by molar-refractivity contribution is 14.1. The maximum atomic E-state index is 12.8. The number of benzene rings is 2. The molecule has 2 nitrogen and oxygen atoms in total. The molecule has 0 N–H and O–H groups in total. The molecule has 0 aromatic heterocycles. The Morgan fingerprint density at radius 2 is 2.05 bits per heavy atom. The second kappa shape index (κ2) is 6.99. The third kappa shape index (κ3) is 3.40. The van der Waals surface area contributed by atoms with E-state index in [-0.39, 0.29) is 11.3 Å². The molecule has 22 heavy (non-hydrogen) atoms. The zero-order valence-electron chi connectivity index (χ0n) is 11.4. The Bertz CT molecular complexity index is 725. The molecular formula is C16H12Cl2INOS. The van der Waals surface area contributed by atoms with Gasteiger partial charge in [-0.3, -0.25) is 4.79 Å². The molecule has 1 aliphatic rings. The lowest BCUT2D eigenvalue weighted by molar-refractivity contribution is 0.0760. The minimum atomic E-state index is -0.0601. The molecule has 1 amide bonds. The lowest BCUT2D eigenvalue weighted by Crippen LogP contribution is -2.30. The fraction of sp³-hybridized carbons (Fsp3) is 0.188. The quantitative estimate of drug-likeness (QED) is 0.549. The summed E-state index contributed by atoms with van der Waals surface area (Å²) in [6.45, 7) is 0.721. The number of hydrogen-bond donors (Lipinski definition) is 0. The molecule has 114 valence electrons. The Labute approximate surface area is 157 Å². The molecule has 1 fully saturated rings. The van der Waals surface area contributed by atoms with E-state index in [1.54, 1.807) is 17.8 Å². The van der Waals surface area contributed by atoms with Crippen molar-refractivity contribution in [2.75, 3.05) is 12.3 Å². The van der Waals surface area contributed by atoms with Gasteiger partial charge in [0.25, 0.3) is 5.91 Å². The van der Waals surface area contributed by atoms with E-state index >= 15 is 0 Å². The smallest absolute Gasteiger partial charge is 0.255 e. The monoisotopic (exact) mass is 463 g/mol. The molecule has 2 aromatic rings. The number of nitrogens with zero attached hydrogens (tertiary/aromatic N) is 1. The lowest BCUT2D eigenvalue weighted by atomic mass is 10.1. The summed E-state index contributed by atoms with van der Waals surface area (Å²) < 4.78 is 1.05. The zero-order chi connectivity index (χ0) is 15.7. The van der Waals surface area contributed by atoms with Crippen molar-refractivity contribution >= 4 is 63.5 Å². The second-order valence-corrected chi connectivity index (χ2v) is 8.18. The van der Waals surface area contributed by atoms with Gasteiger partial charge in [0, 0.05) is 37.0 Å². The van der Waals surface area contributed by atoms with E-state index < -0.39 is 0 Å². The molecule has 1 saturated heterocycles. The van der Waals surface area contributed by atoms with Gasteiger partial charge in [-0.05, 0) is 52.9 Å². The molecule has 1 atom stereocenters. The summed E-state index contributed by atoms with van der Waals surface area (Å²) in [5.74, 6) is 0.943. The summed E-state index contributed by atoms with van der Waals surface area (Å²) in [5.41, 5.74) is 1.65. The van der Waals surface area contributed by atoms with Gasteiger partial charge in [-0.15, -0.1) is 11.8 Å². The number of carbonyl (C=O) groups excluding carboxylic acids is 1. The maximum Gasteiger partial charge on any atom is 0.255 e. The highest BCUT2D eigenvalue weighted by atomic mass is 127. The molecule has 2 aromatic carbocycles. The van der Waals surface area contributed by atoms with Gasteiger partial charge in [0.15, 0.2) is 0 Å². The van der Waals surface area contributed by atoms with Crippen LogP contribution in [-0.2, 0) is 0 Å². The first-order chi connectivity index (χ1) is 10.6. The van der Waals surface area contributed by atoms with Gasteiger partial charge in [0.2, 0.25) is 0 Å². The number of carbonyl (C=O) groups is 1. The molecular weight excluding hydrogens is 452 g/mol. The summed E-state index contributed by atoms with van der Waals surface area (Å²) in [4.78, 5) is 14.7. The van der Waals surface area contributed by atoms with Crippen molar-refractivity contribution in [3.8, 4) is 0 Å². The number of rotatable bonds is 2. The van der Waals surface area contributed by atoms with Crippen LogP contribution in [0.2, 0.25) is 10.0 Å². The highest BCUT2D eigenvalue weighted by Crippen LogP contribution is 2.42. The highest BCUT2D eigenvalue weighted by Gasteiger charge is 2.32. The Balaban J connectivity index is 1.91. The number of amides is 1. The van der Waals surface area contributed by atoms with Crippen LogP contribution >= 0.6 is 57.6 Å². The third-order valence-corrected chi connectivity index (χ3v) is 5.93. The van der Waals surface area contributed by atoms with Crippen LogP contribution < -0.4 is 0 Å². The van der Waals surface area contributed by atoms with Gasteiger partial charge in [-0.1, -0.05) is 35.3 Å². The Morgan fingerprint density at radius 3 is 2.77 bits per heavy atom. The van der Waals surface area contributed by atoms with Gasteiger partial charge < -0.3 is 4.90 Å². The fourth-order valence-electron chi connectivity index (χ4n) is 2.42. The van der Waals surface area contributed by atoms with Crippen molar-refractivity contribution < 1.29 is 4.79 Å². The first-order valence-electron chi connectivity index (χ1n) is 6.69. The van der Waals surface area contributed by atoms with E-state index in [0.717, 1.165) is 21.4 Å². The number of halogens is 3. The first kappa shape index (κ1) is 16.4. The Morgan fingerprint density at radius 1 is 1.23 bits per heavy atom. The van der Waals surface area contributed by atoms with Crippen LogP contribution in [0.5, 0.6) is 0 Å². The minimum absolute atomic E-state index is 0.0412. The maximum absolute atomic E-state index is 12.8. The average molecular weight is 464 g/mol. The molecule has 3 rings (SSSR count). The molecule has 1 heterocycles. The van der Waals surface area contributed by atoms with E-state index in [9.17, 15) is 4.79 Å². The van der Waals surface area contributed by atoms with Crippen molar-refractivity contribution in [2.24, 2.45) is 0 Å². The Hall–Kier alpha value is -0.430. The van der Waals surface area contributed by atoms with Gasteiger partial charge in [-0.25, -0.2) is 0 Å². The standard InChI is InChI=1S/C16H12Cl2INOS/c17-11-4-5-13(14(18)9-11)16-20(6-7-22-16)15(21)10-2-1-3-12(19)8-10/h1-5,8-9,16H,6-7H2. The summed E-state index contributed by atoms with van der Waals surface area (Å²) >= 11 is 16.2. The van der Waals surface area contributed by atoms with Gasteiger partial charge in [-0.2, -0.15) is 0 Å². The van der Waals surface area contributed by atoms with Crippen molar-refractivity contribution in [3.05, 3.63) is 67.2 Å². The summed E-state index contributed by atoms with van der Waals surface area (Å²) in [6, 6.07) is 13.1. The van der Waals surface area contributed by atoms with E-state index in [4.69, 9.17) is 23.2 Å². The van der Waals surface area contributed by atoms with Gasteiger partial charge in [0.05, 0.1) is 0 Å². The molecule has 1 aliphatic heterocycles. The summed E-state index contributed by atoms with van der Waals surface area (Å²) in [5, 5.41) is 1.15. The van der Waals surface area contributed by atoms with Crippen LogP contribution in [-0.4, -0.2) is 23.1 Å². The first-order valence-corrected chi connectivity index (χ1v) is 9.57. The molecule has 0 saturated carbocycles. The normalized spacial score (nSPS) is 17.8. The minimum Gasteiger partial charge on any atom is -0.322 e. The van der Waals surface area contributed by atoms with E-state index in [2.05, 4.69) is 22.6 Å². The number of hydrogen-bond acceptors (Lipinski definition) is 2. The fourth-order valence-corrected chi connectivity index (χ4v) is 4.84. The Kier molecular flexibility index (Phi) is 5.22. The zero-order valence-corrected chi connectivity index (χ0v) is 15.9. The lowest BCUT2D eigenvalue weighted by Gasteiger charge is -2.25. The molecule has 0 bridgehead atoms. The predicted octanol–water partition coefficient (Wildman–Crippen LogP) is 5.49. The number of thioether (sulfide) groups is 1. The van der Waals surface area contributed by atoms with E-state index in [0.29, 0.717) is 15.6 Å². The van der Waals surface area contributed by atoms with Crippen molar-refractivity contribution in [1.82, 2.24) is 4.90 Å². The summed E-state index contributed by atoms with van der Waals surface area (Å²) in [7, 11) is 0. The SMILES string of the molecule is O=C(c1cccc(I)c1)N1CCSC1c1ccc(Cl)cc1Cl. The van der Waals surface area contributed by atoms with Crippen molar-refractivity contribution in [1.29, 1.82) is 0 Å². The van der Waals surface area contributed by atoms with Crippen LogP contribution in [0.15, 0.2) is 42.5 Å². The molecule has 0 aliphatic carbocycles. The molecule has 1 unspecified atom stereocenters. The van der Waals surface area contributed by atoms with Crippen LogP contribution in [0, 0.1) is 3.57 Å². The van der Waals surface area contributed by atoms with Crippen LogP contribution in [0.1, 0.15) is 21.3 Å². The van der Waals surface area contributed by atoms with E-state index in [1.165, 1.54) is 0 Å². The molecule has 0 spiro atoms. The average Bonchev–Trinajstić information content (AvgIpc) is 2.95. The molecule has 6 heteroatoms. The van der Waals surface area contributed by atoms with Crippen molar-refractivity contribution in [3.63, 3.8) is 0 Å². The third-order valence-electron chi connectivity index (χ3n) is 3.45. The molecule has 0 radical (unpaired) electrons. The van der Waals surface area contributed by atoms with E-state index in [1.807, 2.05) is 41.3 Å². The topological polar surface area (TPSA) is 20.3 Å².